The Balaban J connectivity index is 1.96. The van der Waals surface area contributed by atoms with Gasteiger partial charge in [0, 0.05) is 39.7 Å². The molecule has 0 radical (unpaired) electrons. The molecule has 1 N–H and O–H groups in total. The molecule has 1 aromatic heterocycles. The normalized spacial score (nSPS) is 22.1. The van der Waals surface area contributed by atoms with Crippen molar-refractivity contribution in [1.82, 2.24) is 18.0 Å². The predicted molar refractivity (Wildman–Crippen MR) is 88.9 cm³/mol. The molecule has 1 aliphatic rings. The second-order valence-electron chi connectivity index (χ2n) is 5.99. The lowest BCUT2D eigenvalue weighted by Gasteiger charge is -2.19. The number of nitrogens with zero attached hydrogens (tertiary/aromatic N) is 4. The average Bonchev–Trinajstić information content (AvgIpc) is 3.20. The first-order valence-electron chi connectivity index (χ1n) is 7.39. The van der Waals surface area contributed by atoms with E-state index in [0.717, 1.165) is 11.7 Å². The molecule has 0 spiro atoms. The van der Waals surface area contributed by atoms with Gasteiger partial charge < -0.3 is 10.0 Å². The predicted octanol–water partition coefficient (Wildman–Crippen LogP) is 0.00850. The lowest BCUT2D eigenvalue weighted by Crippen LogP contribution is -2.35. The largest absolute Gasteiger partial charge is 0.396 e. The van der Waals surface area contributed by atoms with E-state index >= 15 is 0 Å². The highest BCUT2D eigenvalue weighted by Crippen LogP contribution is 2.31. The number of aliphatic hydroxyl groups excluding tert-OH is 1. The average molecular weight is 370 g/mol. The monoisotopic (exact) mass is 370 g/mol. The number of hydrogen-bond donors (Lipinski definition) is 1. The number of sulfonamides is 1. The lowest BCUT2D eigenvalue weighted by atomic mass is 9.96. The molecular formula is C14H18N4O4S2. The molecule has 0 unspecified atom stereocenters. The molecule has 1 aliphatic heterocycles. The third-order valence-corrected chi connectivity index (χ3v) is 6.67. The molecule has 2 aromatic rings. The van der Waals surface area contributed by atoms with Gasteiger partial charge in [-0.15, -0.1) is 0 Å². The molecular weight excluding hydrogens is 352 g/mol. The number of aliphatic hydroxyl groups is 1. The van der Waals surface area contributed by atoms with Gasteiger partial charge in [-0.3, -0.25) is 4.79 Å². The van der Waals surface area contributed by atoms with Crippen LogP contribution >= 0.6 is 11.7 Å². The molecule has 0 aliphatic carbocycles. The van der Waals surface area contributed by atoms with Crippen molar-refractivity contribution in [3.63, 3.8) is 0 Å². The van der Waals surface area contributed by atoms with Gasteiger partial charge in [0.05, 0.1) is 17.6 Å². The van der Waals surface area contributed by atoms with Crippen molar-refractivity contribution < 1.29 is 18.3 Å². The minimum Gasteiger partial charge on any atom is -0.396 e. The highest BCUT2D eigenvalue weighted by Gasteiger charge is 2.43. The van der Waals surface area contributed by atoms with E-state index in [4.69, 9.17) is 0 Å². The van der Waals surface area contributed by atoms with E-state index in [2.05, 4.69) is 8.75 Å². The fourth-order valence-corrected chi connectivity index (χ4v) is 5.23. The summed E-state index contributed by atoms with van der Waals surface area (Å²) >= 11 is 0.956. The minimum atomic E-state index is -3.81. The van der Waals surface area contributed by atoms with E-state index in [1.54, 1.807) is 26.2 Å². The van der Waals surface area contributed by atoms with Crippen molar-refractivity contribution in [2.24, 2.45) is 11.8 Å². The molecule has 3 rings (SSSR count). The van der Waals surface area contributed by atoms with Crippen LogP contribution in [0, 0.1) is 11.8 Å². The van der Waals surface area contributed by atoms with Gasteiger partial charge in [0.25, 0.3) is 0 Å². The van der Waals surface area contributed by atoms with Crippen molar-refractivity contribution >= 4 is 38.7 Å². The van der Waals surface area contributed by atoms with Crippen LogP contribution in [0.15, 0.2) is 23.1 Å². The van der Waals surface area contributed by atoms with Crippen molar-refractivity contribution in [2.45, 2.75) is 4.90 Å². The van der Waals surface area contributed by atoms with Crippen LogP contribution in [-0.4, -0.2) is 71.2 Å². The fraction of sp³-hybridized carbons (Fsp3) is 0.500. The Labute approximate surface area is 144 Å². The topological polar surface area (TPSA) is 104 Å². The Morgan fingerprint density at radius 2 is 2.12 bits per heavy atom. The maximum Gasteiger partial charge on any atom is 0.245 e. The van der Waals surface area contributed by atoms with Gasteiger partial charge in [-0.25, -0.2) is 8.42 Å². The highest BCUT2D eigenvalue weighted by atomic mass is 32.2. The number of carbonyl (C=O) groups is 1. The Morgan fingerprint density at radius 1 is 1.38 bits per heavy atom. The molecule has 1 amide bonds. The third kappa shape index (κ3) is 2.79. The van der Waals surface area contributed by atoms with Crippen LogP contribution in [0.25, 0.3) is 11.0 Å². The first kappa shape index (κ1) is 17.2. The Hall–Kier alpha value is -1.62. The molecule has 2 atom stereocenters. The molecule has 8 nitrogen and oxygen atoms in total. The molecule has 24 heavy (non-hydrogen) atoms. The molecule has 2 heterocycles. The summed E-state index contributed by atoms with van der Waals surface area (Å²) in [7, 11) is -0.573. The summed E-state index contributed by atoms with van der Waals surface area (Å²) in [6.07, 6.45) is 0. The first-order valence-corrected chi connectivity index (χ1v) is 9.56. The first-order chi connectivity index (χ1) is 11.4. The van der Waals surface area contributed by atoms with Crippen molar-refractivity contribution in [3.05, 3.63) is 18.2 Å². The van der Waals surface area contributed by atoms with Crippen LogP contribution in [0.3, 0.4) is 0 Å². The van der Waals surface area contributed by atoms with Gasteiger partial charge in [0.15, 0.2) is 0 Å². The Bertz CT molecular complexity index is 865. The van der Waals surface area contributed by atoms with Crippen molar-refractivity contribution in [3.8, 4) is 0 Å². The van der Waals surface area contributed by atoms with Gasteiger partial charge in [0.2, 0.25) is 15.9 Å². The summed E-state index contributed by atoms with van der Waals surface area (Å²) in [6, 6.07) is 4.82. The van der Waals surface area contributed by atoms with Crippen molar-refractivity contribution in [1.29, 1.82) is 0 Å². The molecule has 1 saturated heterocycles. The standard InChI is InChI=1S/C14H18N4O4S2/c1-17(2)14(20)10-7-18(6-9(10)8-19)24(21,22)12-5-3-4-11-13(12)16-23-15-11/h3-5,9-10,19H,6-8H2,1-2H3/t9-,10+/m0/s1. The van der Waals surface area contributed by atoms with E-state index in [-0.39, 0.29) is 30.5 Å². The van der Waals surface area contributed by atoms with Crippen LogP contribution < -0.4 is 0 Å². The molecule has 0 bridgehead atoms. The van der Waals surface area contributed by atoms with E-state index in [0.29, 0.717) is 11.0 Å². The second kappa shape index (κ2) is 6.36. The molecule has 1 aromatic carbocycles. The van der Waals surface area contributed by atoms with Crippen LogP contribution in [0.4, 0.5) is 0 Å². The molecule has 1 fully saturated rings. The Kier molecular flexibility index (Phi) is 4.56. The third-order valence-electron chi connectivity index (χ3n) is 4.27. The smallest absolute Gasteiger partial charge is 0.245 e. The number of amides is 1. The van der Waals surface area contributed by atoms with E-state index < -0.39 is 21.9 Å². The van der Waals surface area contributed by atoms with Gasteiger partial charge in [0.1, 0.15) is 15.9 Å². The zero-order chi connectivity index (χ0) is 17.5. The summed E-state index contributed by atoms with van der Waals surface area (Å²) in [5.41, 5.74) is 0.866. The lowest BCUT2D eigenvalue weighted by molar-refractivity contribution is -0.134. The number of rotatable bonds is 4. The van der Waals surface area contributed by atoms with Gasteiger partial charge in [-0.1, -0.05) is 6.07 Å². The molecule has 0 saturated carbocycles. The maximum atomic E-state index is 13.0. The van der Waals surface area contributed by atoms with Gasteiger partial charge >= 0.3 is 0 Å². The number of fused-ring (bicyclic) bond motifs is 1. The van der Waals surface area contributed by atoms with Gasteiger partial charge in [-0.05, 0) is 12.1 Å². The summed E-state index contributed by atoms with van der Waals surface area (Å²) < 4.78 is 35.4. The minimum absolute atomic E-state index is 0.0541. The fourth-order valence-electron chi connectivity index (χ4n) is 2.95. The quantitative estimate of drug-likeness (QED) is 0.813. The van der Waals surface area contributed by atoms with Crippen LogP contribution in [0.2, 0.25) is 0 Å². The summed E-state index contributed by atoms with van der Waals surface area (Å²) in [4.78, 5) is 13.8. The highest BCUT2D eigenvalue weighted by molar-refractivity contribution is 7.89. The van der Waals surface area contributed by atoms with Gasteiger partial charge in [-0.2, -0.15) is 13.1 Å². The van der Waals surface area contributed by atoms with Crippen molar-refractivity contribution in [2.75, 3.05) is 33.8 Å². The number of benzene rings is 1. The number of aromatic nitrogens is 2. The Morgan fingerprint density at radius 3 is 2.79 bits per heavy atom. The summed E-state index contributed by atoms with van der Waals surface area (Å²) in [6.45, 7) is -0.0751. The van der Waals surface area contributed by atoms with Crippen LogP contribution in [-0.2, 0) is 14.8 Å². The van der Waals surface area contributed by atoms with Crippen LogP contribution in [0.1, 0.15) is 0 Å². The zero-order valence-electron chi connectivity index (χ0n) is 13.3. The SMILES string of the molecule is CN(C)C(=O)[C@@H]1CN(S(=O)(=O)c2cccc3nsnc23)C[C@H]1CO. The zero-order valence-corrected chi connectivity index (χ0v) is 14.9. The maximum absolute atomic E-state index is 13.0. The van der Waals surface area contributed by atoms with E-state index in [9.17, 15) is 18.3 Å². The number of hydrogen-bond acceptors (Lipinski definition) is 7. The molecule has 10 heteroatoms. The molecule has 130 valence electrons. The van der Waals surface area contributed by atoms with E-state index in [1.807, 2.05) is 0 Å². The number of carbonyl (C=O) groups excluding carboxylic acids is 1. The van der Waals surface area contributed by atoms with E-state index in [1.165, 1.54) is 15.3 Å². The summed E-state index contributed by atoms with van der Waals surface area (Å²) in [5, 5.41) is 9.55. The summed E-state index contributed by atoms with van der Waals surface area (Å²) in [5.74, 6) is -1.14. The second-order valence-corrected chi connectivity index (χ2v) is 8.43. The van der Waals surface area contributed by atoms with Crippen LogP contribution in [0.5, 0.6) is 0 Å².